The summed E-state index contributed by atoms with van der Waals surface area (Å²) < 4.78 is 26.6. The van der Waals surface area contributed by atoms with Crippen LogP contribution in [0, 0.1) is 18.8 Å². The summed E-state index contributed by atoms with van der Waals surface area (Å²) in [5.41, 5.74) is 1.73. The van der Waals surface area contributed by atoms with Gasteiger partial charge in [-0.15, -0.1) is 0 Å². The monoisotopic (exact) mass is 329 g/mol. The highest BCUT2D eigenvalue weighted by molar-refractivity contribution is 7.89. The number of nitrogens with one attached hydrogen (secondary N) is 1. The Labute approximate surface area is 137 Å². The standard InChI is InChI=1S/C18H19NO3S/c1-15-10-12-17(13-11-15)23(21,22)19-14-6-5-9-18(20)16-7-3-2-4-8-16/h2-4,7-8,10-13,18-20H,6,14H2,1H3. The van der Waals surface area contributed by atoms with Crippen LogP contribution in [0.4, 0.5) is 0 Å². The average molecular weight is 329 g/mol. The van der Waals surface area contributed by atoms with Gasteiger partial charge < -0.3 is 5.11 Å². The van der Waals surface area contributed by atoms with Crippen molar-refractivity contribution in [2.75, 3.05) is 6.54 Å². The number of rotatable bonds is 5. The molecule has 120 valence electrons. The molecule has 2 N–H and O–H groups in total. The van der Waals surface area contributed by atoms with Crippen LogP contribution < -0.4 is 4.72 Å². The lowest BCUT2D eigenvalue weighted by Crippen LogP contribution is -2.24. The van der Waals surface area contributed by atoms with E-state index in [9.17, 15) is 13.5 Å². The molecule has 0 aliphatic carbocycles. The smallest absolute Gasteiger partial charge is 0.240 e. The quantitative estimate of drug-likeness (QED) is 0.654. The maximum atomic E-state index is 12.1. The number of sulfonamides is 1. The average Bonchev–Trinajstić information content (AvgIpc) is 2.55. The van der Waals surface area contributed by atoms with Crippen molar-refractivity contribution in [2.45, 2.75) is 24.3 Å². The van der Waals surface area contributed by atoms with Crippen LogP contribution in [0.5, 0.6) is 0 Å². The third-order valence-electron chi connectivity index (χ3n) is 3.23. The molecule has 0 heterocycles. The maximum absolute atomic E-state index is 12.1. The van der Waals surface area contributed by atoms with Crippen molar-refractivity contribution < 1.29 is 13.5 Å². The molecule has 4 nitrogen and oxygen atoms in total. The number of benzene rings is 2. The summed E-state index contributed by atoms with van der Waals surface area (Å²) in [4.78, 5) is 0.236. The molecule has 23 heavy (non-hydrogen) atoms. The molecule has 2 aromatic carbocycles. The lowest BCUT2D eigenvalue weighted by molar-refractivity contribution is 0.238. The lowest BCUT2D eigenvalue weighted by Gasteiger charge is -2.05. The van der Waals surface area contributed by atoms with Crippen molar-refractivity contribution in [3.05, 3.63) is 65.7 Å². The second-order valence-corrected chi connectivity index (χ2v) is 6.86. The molecular weight excluding hydrogens is 310 g/mol. The summed E-state index contributed by atoms with van der Waals surface area (Å²) in [5.74, 6) is 5.49. The molecule has 0 bridgehead atoms. The van der Waals surface area contributed by atoms with Gasteiger partial charge >= 0.3 is 0 Å². The molecule has 2 rings (SSSR count). The summed E-state index contributed by atoms with van der Waals surface area (Å²) in [6, 6.07) is 15.8. The van der Waals surface area contributed by atoms with E-state index in [1.54, 1.807) is 36.4 Å². The first-order valence-corrected chi connectivity index (χ1v) is 8.75. The van der Waals surface area contributed by atoms with Gasteiger partial charge in [0, 0.05) is 13.0 Å². The SMILES string of the molecule is Cc1ccc(S(=O)(=O)NCCC#CC(O)c2ccccc2)cc1. The van der Waals surface area contributed by atoms with Gasteiger partial charge in [-0.25, -0.2) is 13.1 Å². The minimum absolute atomic E-state index is 0.199. The molecule has 0 aliphatic rings. The Morgan fingerprint density at radius 3 is 2.39 bits per heavy atom. The molecule has 1 atom stereocenters. The first kappa shape index (κ1) is 17.2. The minimum atomic E-state index is -3.51. The van der Waals surface area contributed by atoms with Crippen LogP contribution in [0.1, 0.15) is 23.7 Å². The number of hydrogen-bond donors (Lipinski definition) is 2. The first-order chi connectivity index (χ1) is 11.0. The summed E-state index contributed by atoms with van der Waals surface area (Å²) >= 11 is 0. The van der Waals surface area contributed by atoms with Gasteiger partial charge in [0.1, 0.15) is 6.10 Å². The van der Waals surface area contributed by atoms with E-state index in [0.717, 1.165) is 11.1 Å². The number of aliphatic hydroxyl groups is 1. The third-order valence-corrected chi connectivity index (χ3v) is 4.70. The Bertz CT molecular complexity index is 788. The van der Waals surface area contributed by atoms with Crippen LogP contribution in [-0.4, -0.2) is 20.1 Å². The molecule has 0 fully saturated rings. The summed E-state index contributed by atoms with van der Waals surface area (Å²) in [7, 11) is -3.51. The van der Waals surface area contributed by atoms with E-state index < -0.39 is 16.1 Å². The zero-order valence-electron chi connectivity index (χ0n) is 12.9. The molecular formula is C18H19NO3S. The van der Waals surface area contributed by atoms with Crippen LogP contribution in [-0.2, 0) is 10.0 Å². The zero-order chi connectivity index (χ0) is 16.7. The van der Waals surface area contributed by atoms with Gasteiger partial charge in [-0.3, -0.25) is 0 Å². The van der Waals surface area contributed by atoms with Crippen molar-refractivity contribution >= 4 is 10.0 Å². The fraction of sp³-hybridized carbons (Fsp3) is 0.222. The van der Waals surface area contributed by atoms with E-state index >= 15 is 0 Å². The Morgan fingerprint density at radius 1 is 1.09 bits per heavy atom. The van der Waals surface area contributed by atoms with Gasteiger partial charge in [0.25, 0.3) is 0 Å². The van der Waals surface area contributed by atoms with E-state index in [-0.39, 0.29) is 11.4 Å². The third kappa shape index (κ3) is 5.22. The highest BCUT2D eigenvalue weighted by Crippen LogP contribution is 2.11. The van der Waals surface area contributed by atoms with Crippen molar-refractivity contribution in [3.8, 4) is 11.8 Å². The van der Waals surface area contributed by atoms with E-state index in [2.05, 4.69) is 16.6 Å². The second kappa shape index (κ2) is 7.93. The van der Waals surface area contributed by atoms with Gasteiger partial charge in [-0.1, -0.05) is 59.9 Å². The fourth-order valence-electron chi connectivity index (χ4n) is 1.94. The Balaban J connectivity index is 1.86. The number of aryl methyl sites for hydroxylation is 1. The summed E-state index contributed by atoms with van der Waals surface area (Å²) in [6.07, 6.45) is -0.528. The van der Waals surface area contributed by atoms with Gasteiger partial charge in [0.15, 0.2) is 0 Å². The van der Waals surface area contributed by atoms with E-state index in [4.69, 9.17) is 0 Å². The summed E-state index contributed by atoms with van der Waals surface area (Å²) in [5, 5.41) is 9.87. The zero-order valence-corrected chi connectivity index (χ0v) is 13.7. The largest absolute Gasteiger partial charge is 0.376 e. The predicted molar refractivity (Wildman–Crippen MR) is 90.2 cm³/mol. The van der Waals surface area contributed by atoms with Crippen LogP contribution >= 0.6 is 0 Å². The first-order valence-electron chi connectivity index (χ1n) is 7.27. The molecule has 0 amide bonds. The van der Waals surface area contributed by atoms with E-state index in [1.807, 2.05) is 25.1 Å². The van der Waals surface area contributed by atoms with Crippen LogP contribution in [0.25, 0.3) is 0 Å². The minimum Gasteiger partial charge on any atom is -0.376 e. The van der Waals surface area contributed by atoms with Crippen molar-refractivity contribution in [1.29, 1.82) is 0 Å². The van der Waals surface area contributed by atoms with E-state index in [0.29, 0.717) is 6.42 Å². The van der Waals surface area contributed by atoms with Gasteiger partial charge in [-0.2, -0.15) is 0 Å². The Morgan fingerprint density at radius 2 is 1.74 bits per heavy atom. The highest BCUT2D eigenvalue weighted by Gasteiger charge is 2.12. The molecule has 0 saturated heterocycles. The normalized spacial score (nSPS) is 12.3. The molecule has 0 saturated carbocycles. The molecule has 0 aliphatic heterocycles. The molecule has 0 radical (unpaired) electrons. The topological polar surface area (TPSA) is 66.4 Å². The molecule has 0 spiro atoms. The maximum Gasteiger partial charge on any atom is 0.240 e. The molecule has 2 aromatic rings. The number of hydrogen-bond acceptors (Lipinski definition) is 3. The highest BCUT2D eigenvalue weighted by atomic mass is 32.2. The Hall–Kier alpha value is -2.13. The van der Waals surface area contributed by atoms with Crippen LogP contribution in [0.15, 0.2) is 59.5 Å². The molecule has 1 unspecified atom stereocenters. The van der Waals surface area contributed by atoms with Gasteiger partial charge in [0.05, 0.1) is 4.90 Å². The van der Waals surface area contributed by atoms with Crippen molar-refractivity contribution in [2.24, 2.45) is 0 Å². The van der Waals surface area contributed by atoms with Gasteiger partial charge in [0.2, 0.25) is 10.0 Å². The predicted octanol–water partition coefficient (Wildman–Crippen LogP) is 2.40. The fourth-order valence-corrected chi connectivity index (χ4v) is 2.97. The van der Waals surface area contributed by atoms with Crippen molar-refractivity contribution in [3.63, 3.8) is 0 Å². The lowest BCUT2D eigenvalue weighted by atomic mass is 10.1. The number of aliphatic hydroxyl groups excluding tert-OH is 1. The summed E-state index contributed by atoms with van der Waals surface area (Å²) in [6.45, 7) is 2.10. The van der Waals surface area contributed by atoms with Crippen molar-refractivity contribution in [1.82, 2.24) is 4.72 Å². The molecule has 5 heteroatoms. The molecule has 0 aromatic heterocycles. The van der Waals surface area contributed by atoms with Gasteiger partial charge in [-0.05, 0) is 24.6 Å². The van der Waals surface area contributed by atoms with E-state index in [1.165, 1.54) is 0 Å². The Kier molecular flexibility index (Phi) is 5.94. The van der Waals surface area contributed by atoms with Crippen LogP contribution in [0.3, 0.4) is 0 Å². The van der Waals surface area contributed by atoms with Crippen LogP contribution in [0.2, 0.25) is 0 Å². The second-order valence-electron chi connectivity index (χ2n) is 5.10.